The van der Waals surface area contributed by atoms with E-state index in [-0.39, 0.29) is 44.8 Å². The van der Waals surface area contributed by atoms with Gasteiger partial charge in [0.1, 0.15) is 28.6 Å². The summed E-state index contributed by atoms with van der Waals surface area (Å²) in [6.45, 7) is -0.720. The molecule has 41 heavy (non-hydrogen) atoms. The van der Waals surface area contributed by atoms with Gasteiger partial charge in [0.05, 0.1) is 35.3 Å². The number of aromatic hydroxyl groups is 1. The van der Waals surface area contributed by atoms with E-state index in [2.05, 4.69) is 24.8 Å². The van der Waals surface area contributed by atoms with E-state index in [9.17, 15) is 14.7 Å². The molecule has 0 saturated heterocycles. The van der Waals surface area contributed by atoms with Crippen molar-refractivity contribution in [3.63, 3.8) is 0 Å². The summed E-state index contributed by atoms with van der Waals surface area (Å²) in [5.41, 5.74) is 6.76. The predicted octanol–water partition coefficient (Wildman–Crippen LogP) is 6.63. The van der Waals surface area contributed by atoms with Gasteiger partial charge in [0, 0.05) is 23.2 Å². The number of nitrogen functional groups attached to an aromatic ring is 1. The molecule has 0 atom stereocenters. The molecule has 4 rings (SSSR count). The van der Waals surface area contributed by atoms with Crippen LogP contribution >= 0.6 is 12.0 Å². The topological polar surface area (TPSA) is 218 Å². The Morgan fingerprint density at radius 2 is 1.59 bits per heavy atom. The van der Waals surface area contributed by atoms with Crippen LogP contribution in [0.25, 0.3) is 10.8 Å². The van der Waals surface area contributed by atoms with Crippen LogP contribution in [0.1, 0.15) is 10.4 Å². The van der Waals surface area contributed by atoms with Crippen LogP contribution in [0.5, 0.6) is 17.2 Å². The highest BCUT2D eigenvalue weighted by atomic mass is 32.2. The molecule has 0 saturated carbocycles. The van der Waals surface area contributed by atoms with Gasteiger partial charge in [-0.1, -0.05) is 6.07 Å². The second-order valence-corrected chi connectivity index (χ2v) is 8.89. The summed E-state index contributed by atoms with van der Waals surface area (Å²) < 4.78 is 15.0. The zero-order valence-corrected chi connectivity index (χ0v) is 21.9. The van der Waals surface area contributed by atoms with Crippen LogP contribution in [0.3, 0.4) is 0 Å². The van der Waals surface area contributed by atoms with Crippen LogP contribution in [0.2, 0.25) is 0 Å². The average Bonchev–Trinajstić information content (AvgIpc) is 2.95. The number of nitrogens with two attached hydrogens (primary N) is 1. The number of anilines is 1. The quantitative estimate of drug-likeness (QED) is 0.0417. The standard InChI is InChI=1S/C26H21N5O9S/c1-38-20-10-19(30-31-24-22(41-40-37)8-14-2-5-15(27)9-17(14)25(24)34)21(39-12-23(32)33)11-18(20)29-28-16-6-3-13(4-7-16)26(35)36/h2-11,34,37H,12,27H2,1H3,(H,32,33)(H,35,36). The molecule has 0 spiro atoms. The summed E-state index contributed by atoms with van der Waals surface area (Å²) >= 11 is 0.523. The highest BCUT2D eigenvalue weighted by molar-refractivity contribution is 7.94. The molecule has 210 valence electrons. The maximum Gasteiger partial charge on any atom is 0.341 e. The van der Waals surface area contributed by atoms with E-state index < -0.39 is 18.5 Å². The Balaban J connectivity index is 1.77. The van der Waals surface area contributed by atoms with E-state index in [1.807, 2.05) is 0 Å². The summed E-state index contributed by atoms with van der Waals surface area (Å²) in [6, 6.07) is 14.8. The SMILES string of the molecule is COc1cc(N=Nc2c(SOO)cc3ccc(N)cc3c2O)c(OCC(=O)O)cc1N=Nc1ccc(C(=O)O)cc1. The Morgan fingerprint density at radius 3 is 2.24 bits per heavy atom. The van der Waals surface area contributed by atoms with Crippen molar-refractivity contribution in [3.05, 3.63) is 66.2 Å². The first kappa shape index (κ1) is 28.8. The number of phenols is 1. The lowest BCUT2D eigenvalue weighted by Gasteiger charge is -2.12. The number of aliphatic carboxylic acids is 1. The van der Waals surface area contributed by atoms with Crippen molar-refractivity contribution in [3.8, 4) is 17.2 Å². The van der Waals surface area contributed by atoms with E-state index in [0.717, 1.165) is 0 Å². The molecule has 0 aliphatic carbocycles. The van der Waals surface area contributed by atoms with Gasteiger partial charge in [-0.15, -0.1) is 15.3 Å². The third-order valence-electron chi connectivity index (χ3n) is 5.46. The van der Waals surface area contributed by atoms with E-state index in [0.29, 0.717) is 34.2 Å². The monoisotopic (exact) mass is 579 g/mol. The molecule has 0 fully saturated rings. The number of carbonyl (C=O) groups is 2. The lowest BCUT2D eigenvalue weighted by Crippen LogP contribution is -2.09. The van der Waals surface area contributed by atoms with Crippen molar-refractivity contribution in [2.45, 2.75) is 4.90 Å². The first-order chi connectivity index (χ1) is 19.7. The van der Waals surface area contributed by atoms with Crippen molar-refractivity contribution in [2.24, 2.45) is 20.5 Å². The fourth-order valence-electron chi connectivity index (χ4n) is 3.56. The van der Waals surface area contributed by atoms with Gasteiger partial charge in [0.15, 0.2) is 12.4 Å². The van der Waals surface area contributed by atoms with Gasteiger partial charge >= 0.3 is 11.9 Å². The molecule has 6 N–H and O–H groups in total. The highest BCUT2D eigenvalue weighted by Crippen LogP contribution is 2.46. The number of hydrogen-bond donors (Lipinski definition) is 5. The molecule has 0 aliphatic heterocycles. The van der Waals surface area contributed by atoms with Gasteiger partial charge < -0.3 is 30.5 Å². The van der Waals surface area contributed by atoms with E-state index in [1.54, 1.807) is 18.2 Å². The third kappa shape index (κ3) is 6.85. The number of carboxylic acids is 2. The molecule has 4 aromatic rings. The maximum absolute atomic E-state index is 11.2. The number of carboxylic acid groups (broad SMARTS) is 2. The third-order valence-corrected chi connectivity index (χ3v) is 6.03. The van der Waals surface area contributed by atoms with Gasteiger partial charge in [-0.25, -0.2) is 14.8 Å². The number of aromatic carboxylic acids is 1. The Morgan fingerprint density at radius 1 is 0.902 bits per heavy atom. The van der Waals surface area contributed by atoms with E-state index in [1.165, 1.54) is 49.6 Å². The van der Waals surface area contributed by atoms with Crippen molar-refractivity contribution >= 4 is 63.2 Å². The highest BCUT2D eigenvalue weighted by Gasteiger charge is 2.17. The number of methoxy groups -OCH3 is 1. The average molecular weight is 580 g/mol. The van der Waals surface area contributed by atoms with Crippen molar-refractivity contribution in [1.82, 2.24) is 0 Å². The first-order valence-electron chi connectivity index (χ1n) is 11.5. The Kier molecular flexibility index (Phi) is 8.93. The van der Waals surface area contributed by atoms with Gasteiger partial charge in [-0.3, -0.25) is 0 Å². The number of hydrogen-bond acceptors (Lipinski definition) is 13. The number of phenolic OH excluding ortho intramolecular Hbond substituents is 1. The number of benzene rings is 4. The Hall–Kier alpha value is -5.25. The minimum atomic E-state index is -1.26. The van der Waals surface area contributed by atoms with Gasteiger partial charge in [-0.2, -0.15) is 9.45 Å². The summed E-state index contributed by atoms with van der Waals surface area (Å²) in [4.78, 5) is 22.5. The summed E-state index contributed by atoms with van der Waals surface area (Å²) in [5.74, 6) is -2.53. The lowest BCUT2D eigenvalue weighted by atomic mass is 10.1. The molecule has 4 aromatic carbocycles. The number of azo groups is 2. The van der Waals surface area contributed by atoms with Crippen LogP contribution < -0.4 is 15.2 Å². The molecule has 0 aliphatic rings. The summed E-state index contributed by atoms with van der Waals surface area (Å²) in [7, 11) is 1.36. The van der Waals surface area contributed by atoms with Gasteiger partial charge in [0.25, 0.3) is 0 Å². The van der Waals surface area contributed by atoms with Crippen molar-refractivity contribution in [1.29, 1.82) is 0 Å². The molecular formula is C26H21N5O9S. The second kappa shape index (κ2) is 12.7. The smallest absolute Gasteiger partial charge is 0.341 e. The second-order valence-electron chi connectivity index (χ2n) is 8.14. The van der Waals surface area contributed by atoms with Crippen LogP contribution in [0.4, 0.5) is 28.4 Å². The Bertz CT molecular complexity index is 1680. The van der Waals surface area contributed by atoms with Gasteiger partial charge in [0.2, 0.25) is 0 Å². The van der Waals surface area contributed by atoms with Crippen LogP contribution in [0.15, 0.2) is 86.0 Å². The molecule has 0 heterocycles. The van der Waals surface area contributed by atoms with Gasteiger partial charge in [-0.05, 0) is 47.9 Å². The van der Waals surface area contributed by atoms with Crippen LogP contribution in [0, 0.1) is 0 Å². The van der Waals surface area contributed by atoms with Crippen molar-refractivity contribution < 1.29 is 44.0 Å². The predicted molar refractivity (Wildman–Crippen MR) is 147 cm³/mol. The molecule has 14 nitrogen and oxygen atoms in total. The summed E-state index contributed by atoms with van der Waals surface area (Å²) in [6.07, 6.45) is 0. The lowest BCUT2D eigenvalue weighted by molar-refractivity contribution is -0.139. The minimum absolute atomic E-state index is 0.0146. The number of rotatable bonds is 11. The molecule has 0 aromatic heterocycles. The molecule has 0 radical (unpaired) electrons. The van der Waals surface area contributed by atoms with Crippen molar-refractivity contribution in [2.75, 3.05) is 19.5 Å². The summed E-state index contributed by atoms with van der Waals surface area (Å²) in [5, 5.41) is 55.5. The molecule has 0 unspecified atom stereocenters. The fourth-order valence-corrected chi connectivity index (χ4v) is 4.03. The van der Waals surface area contributed by atoms with E-state index >= 15 is 0 Å². The molecular weight excluding hydrogens is 558 g/mol. The molecule has 0 amide bonds. The molecule has 0 bridgehead atoms. The normalized spacial score (nSPS) is 11.4. The zero-order chi connectivity index (χ0) is 29.5. The number of fused-ring (bicyclic) bond motifs is 1. The van der Waals surface area contributed by atoms with E-state index in [4.69, 9.17) is 30.7 Å². The number of ether oxygens (including phenoxy) is 2. The zero-order valence-electron chi connectivity index (χ0n) is 21.1. The van der Waals surface area contributed by atoms with Crippen LogP contribution in [-0.4, -0.2) is 46.2 Å². The van der Waals surface area contributed by atoms with Crippen LogP contribution in [-0.2, 0) is 9.13 Å². The number of nitrogens with zero attached hydrogens (tertiary/aromatic N) is 4. The minimum Gasteiger partial charge on any atom is -0.505 e. The Labute approximate surface area is 235 Å². The molecule has 15 heteroatoms. The maximum atomic E-state index is 11.2. The largest absolute Gasteiger partial charge is 0.505 e. The first-order valence-corrected chi connectivity index (χ1v) is 12.2. The fraction of sp³-hybridized carbons (Fsp3) is 0.0769.